The van der Waals surface area contributed by atoms with Crippen LogP contribution >= 0.6 is 0 Å². The molecule has 1 saturated heterocycles. The highest BCUT2D eigenvalue weighted by Gasteiger charge is 2.26. The molecule has 5 nitrogen and oxygen atoms in total. The number of likely N-dealkylation sites (tertiary alicyclic amines) is 1. The highest BCUT2D eigenvalue weighted by atomic mass is 16.3. The summed E-state index contributed by atoms with van der Waals surface area (Å²) in [5.41, 5.74) is 4.06. The van der Waals surface area contributed by atoms with Gasteiger partial charge in [-0.05, 0) is 69.1 Å². The molecule has 1 fully saturated rings. The molecule has 1 atom stereocenters. The lowest BCUT2D eigenvalue weighted by Gasteiger charge is -2.26. The number of rotatable bonds is 6. The van der Waals surface area contributed by atoms with E-state index in [0.717, 1.165) is 46.6 Å². The normalized spacial score (nSPS) is 15.8. The maximum Gasteiger partial charge on any atom is 0.224 e. The number of hydrogen-bond donors (Lipinski definition) is 1. The molecule has 3 heterocycles. The second-order valence-corrected chi connectivity index (χ2v) is 7.57. The molecule has 1 N–H and O–H groups in total. The fraction of sp³-hybridized carbons (Fsp3) is 0.391. The third-order valence-corrected chi connectivity index (χ3v) is 5.77. The first-order valence-electron chi connectivity index (χ1n) is 10.0. The van der Waals surface area contributed by atoms with Gasteiger partial charge < -0.3 is 9.73 Å². The summed E-state index contributed by atoms with van der Waals surface area (Å²) in [5, 5.41) is 4.24. The lowest BCUT2D eigenvalue weighted by Crippen LogP contribution is -2.37. The Bertz CT molecular complexity index is 959. The van der Waals surface area contributed by atoms with Crippen LogP contribution < -0.4 is 5.32 Å². The van der Waals surface area contributed by atoms with Gasteiger partial charge >= 0.3 is 0 Å². The summed E-state index contributed by atoms with van der Waals surface area (Å²) < 4.78 is 5.64. The number of aromatic nitrogens is 1. The molecule has 1 aliphatic rings. The van der Waals surface area contributed by atoms with Crippen molar-refractivity contribution in [3.8, 4) is 0 Å². The van der Waals surface area contributed by atoms with Crippen molar-refractivity contribution in [2.24, 2.45) is 0 Å². The van der Waals surface area contributed by atoms with Crippen LogP contribution in [0.4, 0.5) is 0 Å². The summed E-state index contributed by atoms with van der Waals surface area (Å²) in [7, 11) is 0. The van der Waals surface area contributed by atoms with E-state index in [0.29, 0.717) is 13.0 Å². The molecule has 0 saturated carbocycles. The van der Waals surface area contributed by atoms with Crippen molar-refractivity contribution in [1.29, 1.82) is 0 Å². The quantitative estimate of drug-likeness (QED) is 0.707. The number of aryl methyl sites for hydroxylation is 2. The first-order valence-corrected chi connectivity index (χ1v) is 10.0. The zero-order chi connectivity index (χ0) is 19.5. The minimum Gasteiger partial charge on any atom is -0.468 e. The Kier molecular flexibility index (Phi) is 5.44. The smallest absolute Gasteiger partial charge is 0.224 e. The lowest BCUT2D eigenvalue weighted by molar-refractivity contribution is -0.120. The van der Waals surface area contributed by atoms with Crippen LogP contribution in [0.25, 0.3) is 10.9 Å². The lowest BCUT2D eigenvalue weighted by atomic mass is 9.99. The molecule has 0 bridgehead atoms. The second-order valence-electron chi connectivity index (χ2n) is 7.57. The van der Waals surface area contributed by atoms with Crippen molar-refractivity contribution >= 4 is 16.8 Å². The van der Waals surface area contributed by atoms with Gasteiger partial charge in [-0.25, -0.2) is 0 Å². The molecule has 28 heavy (non-hydrogen) atoms. The zero-order valence-corrected chi connectivity index (χ0v) is 16.6. The minimum absolute atomic E-state index is 0.0269. The van der Waals surface area contributed by atoms with Crippen molar-refractivity contribution in [3.05, 3.63) is 65.2 Å². The standard InChI is InChI=1S/C23H27N3O2/c1-16-18-8-3-4-9-20(18)25-17(2)19(16)14-23(27)24-15-21(22-10-7-13-28-22)26-11-5-6-12-26/h3-4,7-10,13,21H,5-6,11-12,14-15H2,1-2H3,(H,24,27)/t21-/m1/s1. The van der Waals surface area contributed by atoms with E-state index in [-0.39, 0.29) is 11.9 Å². The molecule has 146 valence electrons. The number of hydrogen-bond acceptors (Lipinski definition) is 4. The Morgan fingerprint density at radius 3 is 2.71 bits per heavy atom. The molecule has 1 aliphatic heterocycles. The van der Waals surface area contributed by atoms with Gasteiger partial charge in [-0.15, -0.1) is 0 Å². The first-order chi connectivity index (χ1) is 13.6. The van der Waals surface area contributed by atoms with Crippen LogP contribution in [-0.4, -0.2) is 35.4 Å². The SMILES string of the molecule is Cc1nc2ccccc2c(C)c1CC(=O)NC[C@H](c1ccco1)N1CCCC1. The monoisotopic (exact) mass is 377 g/mol. The first kappa shape index (κ1) is 18.7. The predicted molar refractivity (Wildman–Crippen MR) is 110 cm³/mol. The minimum atomic E-state index is 0.0269. The number of fused-ring (bicyclic) bond motifs is 1. The fourth-order valence-electron chi connectivity index (χ4n) is 4.21. The molecule has 5 heteroatoms. The summed E-state index contributed by atoms with van der Waals surface area (Å²) in [5.74, 6) is 0.945. The Hall–Kier alpha value is -2.66. The van der Waals surface area contributed by atoms with Gasteiger partial charge in [-0.1, -0.05) is 18.2 Å². The average Bonchev–Trinajstić information content (AvgIpc) is 3.40. The average molecular weight is 377 g/mol. The largest absolute Gasteiger partial charge is 0.468 e. The van der Waals surface area contributed by atoms with Crippen molar-refractivity contribution in [1.82, 2.24) is 15.2 Å². The fourth-order valence-corrected chi connectivity index (χ4v) is 4.21. The molecule has 2 aromatic heterocycles. The van der Waals surface area contributed by atoms with Gasteiger partial charge in [0.15, 0.2) is 0 Å². The Morgan fingerprint density at radius 2 is 1.96 bits per heavy atom. The van der Waals surface area contributed by atoms with Crippen molar-refractivity contribution in [2.45, 2.75) is 39.2 Å². The van der Waals surface area contributed by atoms with Crippen LogP contribution in [0.15, 0.2) is 47.1 Å². The van der Waals surface area contributed by atoms with Crippen molar-refractivity contribution in [2.75, 3.05) is 19.6 Å². The predicted octanol–water partition coefficient (Wildman–Crippen LogP) is 3.94. The van der Waals surface area contributed by atoms with E-state index in [1.54, 1.807) is 6.26 Å². The van der Waals surface area contributed by atoms with Gasteiger partial charge in [0, 0.05) is 17.6 Å². The van der Waals surface area contributed by atoms with Gasteiger partial charge in [-0.2, -0.15) is 0 Å². The Balaban J connectivity index is 1.47. The zero-order valence-electron chi connectivity index (χ0n) is 16.6. The molecule has 0 spiro atoms. The van der Waals surface area contributed by atoms with Gasteiger partial charge in [0.05, 0.1) is 24.2 Å². The van der Waals surface area contributed by atoms with Crippen LogP contribution in [0.5, 0.6) is 0 Å². The summed E-state index contributed by atoms with van der Waals surface area (Å²) >= 11 is 0. The van der Waals surface area contributed by atoms with E-state index < -0.39 is 0 Å². The third-order valence-electron chi connectivity index (χ3n) is 5.77. The molecule has 3 aromatic rings. The maximum absolute atomic E-state index is 12.8. The van der Waals surface area contributed by atoms with Crippen molar-refractivity contribution < 1.29 is 9.21 Å². The summed E-state index contributed by atoms with van der Waals surface area (Å²) in [6.45, 7) is 6.72. The molecular weight excluding hydrogens is 350 g/mol. The van der Waals surface area contributed by atoms with Crippen LogP contribution in [0.2, 0.25) is 0 Å². The summed E-state index contributed by atoms with van der Waals surface area (Å²) in [4.78, 5) is 19.8. The molecular formula is C23H27N3O2. The van der Waals surface area contributed by atoms with Crippen molar-refractivity contribution in [3.63, 3.8) is 0 Å². The molecule has 1 aromatic carbocycles. The van der Waals surface area contributed by atoms with E-state index in [1.165, 1.54) is 12.8 Å². The van der Waals surface area contributed by atoms with Gasteiger partial charge in [0.25, 0.3) is 0 Å². The van der Waals surface area contributed by atoms with Crippen LogP contribution in [-0.2, 0) is 11.2 Å². The van der Waals surface area contributed by atoms with E-state index >= 15 is 0 Å². The van der Waals surface area contributed by atoms with E-state index in [9.17, 15) is 4.79 Å². The van der Waals surface area contributed by atoms with Gasteiger partial charge in [0.1, 0.15) is 5.76 Å². The number of pyridine rings is 1. The van der Waals surface area contributed by atoms with Crippen LogP contribution in [0, 0.1) is 13.8 Å². The van der Waals surface area contributed by atoms with Crippen LogP contribution in [0.3, 0.4) is 0 Å². The number of furan rings is 1. The van der Waals surface area contributed by atoms with Gasteiger partial charge in [-0.3, -0.25) is 14.7 Å². The molecule has 0 radical (unpaired) electrons. The summed E-state index contributed by atoms with van der Waals surface area (Å²) in [6.07, 6.45) is 4.45. The van der Waals surface area contributed by atoms with Gasteiger partial charge in [0.2, 0.25) is 5.91 Å². The topological polar surface area (TPSA) is 58.4 Å². The molecule has 1 amide bonds. The number of amides is 1. The third kappa shape index (κ3) is 3.80. The van der Waals surface area contributed by atoms with E-state index in [4.69, 9.17) is 4.42 Å². The molecule has 0 unspecified atom stereocenters. The van der Waals surface area contributed by atoms with E-state index in [2.05, 4.69) is 28.2 Å². The Morgan fingerprint density at radius 1 is 1.18 bits per heavy atom. The maximum atomic E-state index is 12.8. The second kappa shape index (κ2) is 8.15. The van der Waals surface area contributed by atoms with E-state index in [1.807, 2.05) is 37.3 Å². The number of para-hydroxylation sites is 1. The number of carbonyl (C=O) groups is 1. The number of nitrogens with one attached hydrogen (secondary N) is 1. The molecule has 0 aliphatic carbocycles. The summed E-state index contributed by atoms with van der Waals surface area (Å²) in [6, 6.07) is 12.1. The Labute approximate surface area is 165 Å². The van der Waals surface area contributed by atoms with Crippen LogP contribution in [0.1, 0.15) is 41.5 Å². The molecule has 4 rings (SSSR count). The number of benzene rings is 1. The number of nitrogens with zero attached hydrogens (tertiary/aromatic N) is 2. The number of carbonyl (C=O) groups excluding carboxylic acids is 1. The highest BCUT2D eigenvalue weighted by molar-refractivity contribution is 5.86. The highest BCUT2D eigenvalue weighted by Crippen LogP contribution is 2.25.